The number of hydrogen-bond acceptors (Lipinski definition) is 9. The predicted octanol–water partition coefficient (Wildman–Crippen LogP) is -0.634. The van der Waals surface area contributed by atoms with Crippen LogP contribution in [0.5, 0.6) is 0 Å². The number of esters is 3. The van der Waals surface area contributed by atoms with E-state index in [0.29, 0.717) is 0 Å². The zero-order valence-corrected chi connectivity index (χ0v) is 12.3. The van der Waals surface area contributed by atoms with Crippen LogP contribution in [0.25, 0.3) is 0 Å². The van der Waals surface area contributed by atoms with Crippen LogP contribution < -0.4 is 5.90 Å². The van der Waals surface area contributed by atoms with Gasteiger partial charge in [-0.3, -0.25) is 19.2 Å². The van der Waals surface area contributed by atoms with E-state index < -0.39 is 55.3 Å². The van der Waals surface area contributed by atoms with Crippen LogP contribution in [0.3, 0.4) is 0 Å². The Morgan fingerprint density at radius 2 is 1.41 bits per heavy atom. The van der Waals surface area contributed by atoms with Crippen molar-refractivity contribution in [2.24, 2.45) is 5.90 Å². The largest absolute Gasteiger partial charge is 0.456 e. The minimum Gasteiger partial charge on any atom is -0.456 e. The Morgan fingerprint density at radius 1 is 0.955 bits per heavy atom. The zero-order valence-electron chi connectivity index (χ0n) is 12.3. The van der Waals surface area contributed by atoms with E-state index >= 15 is 0 Å². The van der Waals surface area contributed by atoms with Crippen LogP contribution in [0.2, 0.25) is 0 Å². The molecule has 2 N–H and O–H groups in total. The first-order valence-electron chi connectivity index (χ1n) is 6.38. The van der Waals surface area contributed by atoms with Crippen molar-refractivity contribution < 1.29 is 42.6 Å². The van der Waals surface area contributed by atoms with Gasteiger partial charge < -0.3 is 18.9 Å². The van der Waals surface area contributed by atoms with E-state index in [4.69, 9.17) is 24.8 Å². The molecule has 1 rings (SSSR count). The Morgan fingerprint density at radius 3 is 1.82 bits per heavy atom. The highest BCUT2D eigenvalue weighted by atomic mass is 19.1. The van der Waals surface area contributed by atoms with Crippen molar-refractivity contribution in [3.8, 4) is 0 Å². The second kappa shape index (κ2) is 8.01. The number of hydrogen-bond donors (Lipinski definition) is 1. The smallest absolute Gasteiger partial charge is 0.303 e. The minimum atomic E-state index is -1.39. The molecule has 0 aromatic carbocycles. The molecule has 1 saturated heterocycles. The summed E-state index contributed by atoms with van der Waals surface area (Å²) in [6, 6.07) is 0. The molecule has 1 unspecified atom stereocenters. The number of rotatable bonds is 5. The van der Waals surface area contributed by atoms with Gasteiger partial charge >= 0.3 is 17.9 Å². The van der Waals surface area contributed by atoms with Crippen molar-refractivity contribution >= 4 is 17.9 Å². The number of halogens is 1. The number of carbonyl (C=O) groups excluding carboxylic acids is 3. The summed E-state index contributed by atoms with van der Waals surface area (Å²) in [5, 5.41) is 0. The second-order valence-corrected chi connectivity index (χ2v) is 4.56. The number of nitrogens with two attached hydrogens (primary N) is 1. The highest BCUT2D eigenvalue weighted by Crippen LogP contribution is 2.29. The standard InChI is InChI=1S/C12H18FNO8/c1-5(15)18-9-8(4-13)21-12(22-14)11(20-7(3)17)10(9)19-6(2)16/h8-12H,4,14H2,1-3H3/t8-,9+,10+,11-,12?/m1/s1. The highest BCUT2D eigenvalue weighted by molar-refractivity contribution is 5.68. The second-order valence-electron chi connectivity index (χ2n) is 4.56. The summed E-state index contributed by atoms with van der Waals surface area (Å²) in [6.45, 7) is 2.21. The molecular weight excluding hydrogens is 305 g/mol. The lowest BCUT2D eigenvalue weighted by Crippen LogP contribution is -2.62. The molecule has 22 heavy (non-hydrogen) atoms. The molecule has 0 aromatic heterocycles. The first kappa shape index (κ1) is 18.3. The maximum absolute atomic E-state index is 13.1. The molecule has 0 aliphatic carbocycles. The van der Waals surface area contributed by atoms with Crippen LogP contribution in [-0.2, 0) is 38.2 Å². The van der Waals surface area contributed by atoms with Crippen LogP contribution in [0.15, 0.2) is 0 Å². The van der Waals surface area contributed by atoms with Crippen LogP contribution in [0.4, 0.5) is 4.39 Å². The van der Waals surface area contributed by atoms with Gasteiger partial charge in [-0.15, -0.1) is 0 Å². The lowest BCUT2D eigenvalue weighted by atomic mass is 9.98. The topological polar surface area (TPSA) is 123 Å². The molecule has 0 spiro atoms. The summed E-state index contributed by atoms with van der Waals surface area (Å²) in [7, 11) is 0. The fourth-order valence-corrected chi connectivity index (χ4v) is 2.09. The van der Waals surface area contributed by atoms with Gasteiger partial charge in [-0.2, -0.15) is 0 Å². The van der Waals surface area contributed by atoms with E-state index in [1.54, 1.807) is 0 Å². The van der Waals surface area contributed by atoms with Crippen LogP contribution in [-0.4, -0.2) is 55.3 Å². The van der Waals surface area contributed by atoms with Crippen LogP contribution in [0.1, 0.15) is 20.8 Å². The summed E-state index contributed by atoms with van der Waals surface area (Å²) in [5.74, 6) is 2.79. The Bertz CT molecular complexity index is 401. The van der Waals surface area contributed by atoms with E-state index in [9.17, 15) is 18.8 Å². The molecule has 10 heteroatoms. The van der Waals surface area contributed by atoms with Gasteiger partial charge in [0, 0.05) is 20.8 Å². The fraction of sp³-hybridized carbons (Fsp3) is 0.750. The molecule has 126 valence electrons. The van der Waals surface area contributed by atoms with E-state index in [1.165, 1.54) is 0 Å². The Kier molecular flexibility index (Phi) is 6.65. The lowest BCUT2D eigenvalue weighted by molar-refractivity contribution is -0.306. The monoisotopic (exact) mass is 323 g/mol. The van der Waals surface area contributed by atoms with Crippen molar-refractivity contribution in [3.05, 3.63) is 0 Å². The van der Waals surface area contributed by atoms with Crippen molar-refractivity contribution in [2.75, 3.05) is 6.67 Å². The van der Waals surface area contributed by atoms with E-state index in [2.05, 4.69) is 4.84 Å². The highest BCUT2D eigenvalue weighted by Gasteiger charge is 2.52. The summed E-state index contributed by atoms with van der Waals surface area (Å²) >= 11 is 0. The maximum Gasteiger partial charge on any atom is 0.303 e. The van der Waals surface area contributed by atoms with Gasteiger partial charge in [0.25, 0.3) is 0 Å². The summed E-state index contributed by atoms with van der Waals surface area (Å²) in [4.78, 5) is 38.1. The quantitative estimate of drug-likeness (QED) is 0.400. The average molecular weight is 323 g/mol. The molecule has 9 nitrogen and oxygen atoms in total. The molecule has 0 radical (unpaired) electrons. The van der Waals surface area contributed by atoms with Crippen LogP contribution >= 0.6 is 0 Å². The maximum atomic E-state index is 13.1. The summed E-state index contributed by atoms with van der Waals surface area (Å²) in [5.41, 5.74) is 0. The predicted molar refractivity (Wildman–Crippen MR) is 66.6 cm³/mol. The molecule has 1 fully saturated rings. The molecule has 0 aromatic rings. The lowest BCUT2D eigenvalue weighted by Gasteiger charge is -2.42. The molecule has 1 aliphatic rings. The van der Waals surface area contributed by atoms with Crippen molar-refractivity contribution in [3.63, 3.8) is 0 Å². The van der Waals surface area contributed by atoms with E-state index in [0.717, 1.165) is 20.8 Å². The van der Waals surface area contributed by atoms with Gasteiger partial charge in [-0.1, -0.05) is 0 Å². The normalized spacial score (nSPS) is 31.2. The van der Waals surface area contributed by atoms with Gasteiger partial charge in [-0.25, -0.2) is 10.3 Å². The average Bonchev–Trinajstić information content (AvgIpc) is 2.41. The summed E-state index contributed by atoms with van der Waals surface area (Å²) < 4.78 is 33.2. The zero-order chi connectivity index (χ0) is 16.9. The van der Waals surface area contributed by atoms with Crippen molar-refractivity contribution in [2.45, 2.75) is 51.5 Å². The molecule has 0 amide bonds. The van der Waals surface area contributed by atoms with Gasteiger partial charge in [0.2, 0.25) is 6.29 Å². The molecule has 5 atom stereocenters. The fourth-order valence-electron chi connectivity index (χ4n) is 2.09. The Hall–Kier alpha value is -1.78. The minimum absolute atomic E-state index is 0.743. The third-order valence-corrected chi connectivity index (χ3v) is 2.78. The molecule has 1 aliphatic heterocycles. The Balaban J connectivity index is 3.14. The van der Waals surface area contributed by atoms with Gasteiger partial charge in [0.1, 0.15) is 12.8 Å². The molecular formula is C12H18FNO8. The SMILES string of the molecule is CC(=O)O[C@@H]1[C@H](OC(C)=O)[C@@H](OC(C)=O)C(ON)O[C@@H]1CF. The van der Waals surface area contributed by atoms with Gasteiger partial charge in [0.15, 0.2) is 18.3 Å². The third kappa shape index (κ3) is 4.61. The first-order valence-corrected chi connectivity index (χ1v) is 6.38. The first-order chi connectivity index (χ1) is 10.3. The number of ether oxygens (including phenoxy) is 4. The molecule has 0 bridgehead atoms. The number of carbonyl (C=O) groups is 3. The van der Waals surface area contributed by atoms with Gasteiger partial charge in [0.05, 0.1) is 0 Å². The van der Waals surface area contributed by atoms with Crippen molar-refractivity contribution in [1.29, 1.82) is 0 Å². The molecule has 0 saturated carbocycles. The number of alkyl halides is 1. The third-order valence-electron chi connectivity index (χ3n) is 2.78. The van der Waals surface area contributed by atoms with Crippen molar-refractivity contribution in [1.82, 2.24) is 0 Å². The van der Waals surface area contributed by atoms with E-state index in [-0.39, 0.29) is 0 Å². The van der Waals surface area contributed by atoms with E-state index in [1.807, 2.05) is 0 Å². The van der Waals surface area contributed by atoms with Crippen LogP contribution in [0, 0.1) is 0 Å². The Labute approximate surface area is 125 Å². The van der Waals surface area contributed by atoms with Gasteiger partial charge in [-0.05, 0) is 0 Å². The summed E-state index contributed by atoms with van der Waals surface area (Å²) in [6.07, 6.45) is -6.65. The molecule has 1 heterocycles.